The Morgan fingerprint density at radius 2 is 2.04 bits per heavy atom. The van der Waals surface area contributed by atoms with E-state index in [1.807, 2.05) is 35.8 Å². The lowest BCUT2D eigenvalue weighted by Crippen LogP contribution is -2.45. The summed E-state index contributed by atoms with van der Waals surface area (Å²) in [6.07, 6.45) is 5.67. The molecule has 1 aromatic carbocycles. The Morgan fingerprint density at radius 3 is 2.81 bits per heavy atom. The number of hydrogen-bond donors (Lipinski definition) is 0. The molecule has 5 heteroatoms. The summed E-state index contributed by atoms with van der Waals surface area (Å²) in [6, 6.07) is 6.23. The number of rotatable bonds is 4. The first-order valence-corrected chi connectivity index (χ1v) is 10.1. The van der Waals surface area contributed by atoms with Crippen molar-refractivity contribution in [1.29, 1.82) is 0 Å². The lowest BCUT2D eigenvalue weighted by atomic mass is 9.98. The molecule has 0 bridgehead atoms. The molecule has 0 unspecified atom stereocenters. The second kappa shape index (κ2) is 7.37. The standard InChI is InChI=1S/C22H28N2O3/c1-15-8-9-19-18(14-15)16(2)21(27-19)22(26)24-12-4-3-6-17(24)10-13-23-11-5-7-20(23)25/h8-9,14,17H,3-7,10-13H2,1-2H3/t17-/m0/s1. The first kappa shape index (κ1) is 18.1. The van der Waals surface area contributed by atoms with Gasteiger partial charge in [0.15, 0.2) is 5.76 Å². The number of nitrogens with zero attached hydrogens (tertiary/aromatic N) is 2. The van der Waals surface area contributed by atoms with Gasteiger partial charge >= 0.3 is 0 Å². The highest BCUT2D eigenvalue weighted by Gasteiger charge is 2.32. The van der Waals surface area contributed by atoms with Crippen LogP contribution in [0.1, 0.15) is 60.2 Å². The van der Waals surface area contributed by atoms with Gasteiger partial charge in [-0.15, -0.1) is 0 Å². The molecule has 0 aliphatic carbocycles. The van der Waals surface area contributed by atoms with Crippen LogP contribution >= 0.6 is 0 Å². The van der Waals surface area contributed by atoms with Crippen LogP contribution in [0.5, 0.6) is 0 Å². The summed E-state index contributed by atoms with van der Waals surface area (Å²) in [5.41, 5.74) is 2.87. The molecule has 2 aliphatic heterocycles. The fourth-order valence-electron chi connectivity index (χ4n) is 4.48. The number of carbonyl (C=O) groups is 2. The fraction of sp³-hybridized carbons (Fsp3) is 0.545. The molecule has 4 rings (SSSR count). The minimum atomic E-state index is -0.00111. The van der Waals surface area contributed by atoms with Crippen LogP contribution in [0.2, 0.25) is 0 Å². The summed E-state index contributed by atoms with van der Waals surface area (Å²) in [4.78, 5) is 29.1. The predicted molar refractivity (Wildman–Crippen MR) is 105 cm³/mol. The first-order valence-electron chi connectivity index (χ1n) is 10.1. The van der Waals surface area contributed by atoms with Crippen LogP contribution in [0.3, 0.4) is 0 Å². The maximum Gasteiger partial charge on any atom is 0.290 e. The van der Waals surface area contributed by atoms with Crippen molar-refractivity contribution in [3.8, 4) is 0 Å². The van der Waals surface area contributed by atoms with Crippen LogP contribution in [-0.2, 0) is 4.79 Å². The maximum absolute atomic E-state index is 13.3. The third kappa shape index (κ3) is 3.47. The molecule has 2 aliphatic rings. The van der Waals surface area contributed by atoms with E-state index in [4.69, 9.17) is 4.42 Å². The van der Waals surface area contributed by atoms with Gasteiger partial charge in [-0.3, -0.25) is 9.59 Å². The van der Waals surface area contributed by atoms with Crippen molar-refractivity contribution in [1.82, 2.24) is 9.80 Å². The van der Waals surface area contributed by atoms with E-state index in [0.29, 0.717) is 12.2 Å². The van der Waals surface area contributed by atoms with Crippen molar-refractivity contribution in [2.75, 3.05) is 19.6 Å². The predicted octanol–water partition coefficient (Wildman–Crippen LogP) is 4.06. The zero-order chi connectivity index (χ0) is 19.0. The minimum absolute atomic E-state index is 0.00111. The van der Waals surface area contributed by atoms with Gasteiger partial charge in [-0.05, 0) is 58.1 Å². The second-order valence-electron chi connectivity index (χ2n) is 7.98. The molecule has 2 aromatic rings. The van der Waals surface area contributed by atoms with Crippen molar-refractivity contribution >= 4 is 22.8 Å². The van der Waals surface area contributed by atoms with Crippen LogP contribution in [-0.4, -0.2) is 47.3 Å². The van der Waals surface area contributed by atoms with Crippen LogP contribution in [0.15, 0.2) is 22.6 Å². The van der Waals surface area contributed by atoms with Crippen molar-refractivity contribution in [3.63, 3.8) is 0 Å². The van der Waals surface area contributed by atoms with Gasteiger partial charge < -0.3 is 14.2 Å². The van der Waals surface area contributed by atoms with E-state index in [9.17, 15) is 9.59 Å². The van der Waals surface area contributed by atoms with Crippen molar-refractivity contribution < 1.29 is 14.0 Å². The van der Waals surface area contributed by atoms with Gasteiger partial charge in [-0.2, -0.15) is 0 Å². The Labute approximate surface area is 160 Å². The van der Waals surface area contributed by atoms with Gasteiger partial charge in [0.05, 0.1) is 0 Å². The number of furan rings is 1. The second-order valence-corrected chi connectivity index (χ2v) is 7.98. The van der Waals surface area contributed by atoms with E-state index in [0.717, 1.165) is 73.8 Å². The summed E-state index contributed by atoms with van der Waals surface area (Å²) < 4.78 is 5.96. The van der Waals surface area contributed by atoms with Crippen molar-refractivity contribution in [2.45, 2.75) is 58.4 Å². The van der Waals surface area contributed by atoms with Crippen LogP contribution in [0.25, 0.3) is 11.0 Å². The molecule has 0 spiro atoms. The lowest BCUT2D eigenvalue weighted by molar-refractivity contribution is -0.127. The van der Waals surface area contributed by atoms with Gasteiger partial charge in [-0.1, -0.05) is 11.6 Å². The molecular formula is C22H28N2O3. The van der Waals surface area contributed by atoms with Gasteiger partial charge in [0.2, 0.25) is 5.91 Å². The zero-order valence-corrected chi connectivity index (χ0v) is 16.3. The smallest absolute Gasteiger partial charge is 0.290 e. The van der Waals surface area contributed by atoms with Crippen molar-refractivity contribution in [2.24, 2.45) is 0 Å². The Kier molecular flexibility index (Phi) is 4.94. The highest BCUT2D eigenvalue weighted by atomic mass is 16.3. The molecule has 2 amide bonds. The molecule has 3 heterocycles. The molecule has 144 valence electrons. The maximum atomic E-state index is 13.3. The summed E-state index contributed by atoms with van der Waals surface area (Å²) >= 11 is 0. The number of likely N-dealkylation sites (tertiary alicyclic amines) is 2. The fourth-order valence-corrected chi connectivity index (χ4v) is 4.48. The Bertz CT molecular complexity index is 870. The SMILES string of the molecule is Cc1ccc2oc(C(=O)N3CCCC[C@H]3CCN3CCCC3=O)c(C)c2c1. The van der Waals surface area contributed by atoms with Crippen LogP contribution in [0, 0.1) is 13.8 Å². The van der Waals surface area contributed by atoms with Gasteiger partial charge in [-0.25, -0.2) is 0 Å². The molecule has 1 aromatic heterocycles. The summed E-state index contributed by atoms with van der Waals surface area (Å²) in [6.45, 7) is 6.41. The Hall–Kier alpha value is -2.30. The molecule has 2 saturated heterocycles. The highest BCUT2D eigenvalue weighted by Crippen LogP contribution is 2.30. The van der Waals surface area contributed by atoms with E-state index in [2.05, 4.69) is 6.07 Å². The minimum Gasteiger partial charge on any atom is -0.451 e. The van der Waals surface area contributed by atoms with Crippen LogP contribution in [0.4, 0.5) is 0 Å². The Balaban J connectivity index is 1.53. The average Bonchev–Trinajstić information content (AvgIpc) is 3.23. The summed E-state index contributed by atoms with van der Waals surface area (Å²) in [5.74, 6) is 0.728. The van der Waals surface area contributed by atoms with E-state index in [1.165, 1.54) is 0 Å². The number of fused-ring (bicyclic) bond motifs is 1. The number of hydrogen-bond acceptors (Lipinski definition) is 3. The number of amides is 2. The first-order chi connectivity index (χ1) is 13.0. The molecular weight excluding hydrogens is 340 g/mol. The van der Waals surface area contributed by atoms with Gasteiger partial charge in [0.25, 0.3) is 5.91 Å². The summed E-state index contributed by atoms with van der Waals surface area (Å²) in [7, 11) is 0. The molecule has 0 saturated carbocycles. The molecule has 0 N–H and O–H groups in total. The van der Waals surface area contributed by atoms with E-state index in [-0.39, 0.29) is 17.9 Å². The molecule has 1 atom stereocenters. The topological polar surface area (TPSA) is 53.8 Å². The molecule has 27 heavy (non-hydrogen) atoms. The number of piperidine rings is 1. The largest absolute Gasteiger partial charge is 0.451 e. The van der Waals surface area contributed by atoms with E-state index < -0.39 is 0 Å². The quantitative estimate of drug-likeness (QED) is 0.818. The Morgan fingerprint density at radius 1 is 1.19 bits per heavy atom. The zero-order valence-electron chi connectivity index (χ0n) is 16.3. The number of aryl methyl sites for hydroxylation is 2. The van der Waals surface area contributed by atoms with Crippen molar-refractivity contribution in [3.05, 3.63) is 35.1 Å². The molecule has 0 radical (unpaired) electrons. The van der Waals surface area contributed by atoms with Gasteiger partial charge in [0, 0.05) is 43.0 Å². The number of benzene rings is 1. The summed E-state index contributed by atoms with van der Waals surface area (Å²) in [5, 5.41) is 1.02. The third-order valence-electron chi connectivity index (χ3n) is 6.08. The lowest BCUT2D eigenvalue weighted by Gasteiger charge is -2.36. The average molecular weight is 368 g/mol. The molecule has 2 fully saturated rings. The highest BCUT2D eigenvalue weighted by molar-refractivity contribution is 5.99. The third-order valence-corrected chi connectivity index (χ3v) is 6.08. The number of carbonyl (C=O) groups excluding carboxylic acids is 2. The molecule has 5 nitrogen and oxygen atoms in total. The van der Waals surface area contributed by atoms with Crippen LogP contribution < -0.4 is 0 Å². The van der Waals surface area contributed by atoms with Gasteiger partial charge in [0.1, 0.15) is 5.58 Å². The monoisotopic (exact) mass is 368 g/mol. The van der Waals surface area contributed by atoms with E-state index >= 15 is 0 Å². The van der Waals surface area contributed by atoms with E-state index in [1.54, 1.807) is 0 Å². The normalized spacial score (nSPS) is 20.7.